The topological polar surface area (TPSA) is 60.9 Å². The Morgan fingerprint density at radius 1 is 1.17 bits per heavy atom. The standard InChI is InChI=1S/C12H18N2O3S/c1-13-6-3-7-14(9-8-13)18(16,17)12-5-2-4-11(15)10-12/h2,4-5,10,15H,3,6-9H2,1H3. The van der Waals surface area contributed by atoms with E-state index in [0.717, 1.165) is 19.5 Å². The summed E-state index contributed by atoms with van der Waals surface area (Å²) in [6.07, 6.45) is 0.828. The van der Waals surface area contributed by atoms with Gasteiger partial charge in [0.05, 0.1) is 4.90 Å². The van der Waals surface area contributed by atoms with Gasteiger partial charge in [-0.1, -0.05) is 6.07 Å². The minimum Gasteiger partial charge on any atom is -0.508 e. The molecule has 1 fully saturated rings. The van der Waals surface area contributed by atoms with Gasteiger partial charge in [-0.2, -0.15) is 4.31 Å². The van der Waals surface area contributed by atoms with Gasteiger partial charge in [0, 0.05) is 19.6 Å². The second kappa shape index (κ2) is 5.26. The van der Waals surface area contributed by atoms with Crippen LogP contribution < -0.4 is 0 Å². The van der Waals surface area contributed by atoms with E-state index in [-0.39, 0.29) is 10.6 Å². The molecule has 0 bridgehead atoms. The maximum absolute atomic E-state index is 12.4. The van der Waals surface area contributed by atoms with Crippen molar-refractivity contribution in [1.29, 1.82) is 0 Å². The van der Waals surface area contributed by atoms with Crippen molar-refractivity contribution in [3.8, 4) is 5.75 Å². The van der Waals surface area contributed by atoms with Crippen LogP contribution in [0.25, 0.3) is 0 Å². The maximum atomic E-state index is 12.4. The first-order valence-electron chi connectivity index (χ1n) is 5.98. The van der Waals surface area contributed by atoms with Crippen molar-refractivity contribution in [1.82, 2.24) is 9.21 Å². The minimum atomic E-state index is -3.48. The van der Waals surface area contributed by atoms with Crippen molar-refractivity contribution < 1.29 is 13.5 Å². The Kier molecular flexibility index (Phi) is 3.89. The maximum Gasteiger partial charge on any atom is 0.243 e. The zero-order valence-electron chi connectivity index (χ0n) is 10.4. The number of hydrogen-bond acceptors (Lipinski definition) is 4. The summed E-state index contributed by atoms with van der Waals surface area (Å²) in [5, 5.41) is 9.38. The normalized spacial score (nSPS) is 19.6. The lowest BCUT2D eigenvalue weighted by Gasteiger charge is -2.20. The van der Waals surface area contributed by atoms with Crippen molar-refractivity contribution in [2.24, 2.45) is 0 Å². The Morgan fingerprint density at radius 3 is 2.67 bits per heavy atom. The molecule has 0 atom stereocenters. The van der Waals surface area contributed by atoms with Crippen LogP contribution in [-0.2, 0) is 10.0 Å². The Morgan fingerprint density at radius 2 is 1.94 bits per heavy atom. The summed E-state index contributed by atoms with van der Waals surface area (Å²) in [6.45, 7) is 2.67. The molecule has 1 aliphatic heterocycles. The molecule has 0 amide bonds. The van der Waals surface area contributed by atoms with E-state index in [9.17, 15) is 13.5 Å². The molecule has 1 aromatic carbocycles. The lowest BCUT2D eigenvalue weighted by molar-refractivity contribution is 0.347. The Labute approximate surface area is 108 Å². The van der Waals surface area contributed by atoms with E-state index in [1.54, 1.807) is 6.07 Å². The number of hydrogen-bond donors (Lipinski definition) is 1. The highest BCUT2D eigenvalue weighted by Gasteiger charge is 2.26. The minimum absolute atomic E-state index is 0.0250. The first-order chi connectivity index (χ1) is 8.50. The van der Waals surface area contributed by atoms with Crippen LogP contribution in [0.15, 0.2) is 29.2 Å². The van der Waals surface area contributed by atoms with Gasteiger partial charge in [0.15, 0.2) is 0 Å². The van der Waals surface area contributed by atoms with E-state index in [1.165, 1.54) is 22.5 Å². The first kappa shape index (κ1) is 13.3. The number of rotatable bonds is 2. The molecule has 0 radical (unpaired) electrons. The van der Waals surface area contributed by atoms with Gasteiger partial charge in [-0.25, -0.2) is 8.42 Å². The second-order valence-electron chi connectivity index (χ2n) is 4.56. The predicted octanol–water partition coefficient (Wildman–Crippen LogP) is 0.718. The predicted molar refractivity (Wildman–Crippen MR) is 69.0 cm³/mol. The molecule has 6 heteroatoms. The van der Waals surface area contributed by atoms with E-state index in [4.69, 9.17) is 0 Å². The van der Waals surface area contributed by atoms with Gasteiger partial charge >= 0.3 is 0 Å². The van der Waals surface area contributed by atoms with Crippen LogP contribution >= 0.6 is 0 Å². The van der Waals surface area contributed by atoms with Crippen LogP contribution in [0.4, 0.5) is 0 Å². The van der Waals surface area contributed by atoms with Gasteiger partial charge < -0.3 is 10.0 Å². The molecule has 2 rings (SSSR count). The number of nitrogens with zero attached hydrogens (tertiary/aromatic N) is 2. The highest BCUT2D eigenvalue weighted by Crippen LogP contribution is 2.21. The fourth-order valence-electron chi connectivity index (χ4n) is 2.06. The third-order valence-corrected chi connectivity index (χ3v) is 5.03. The SMILES string of the molecule is CN1CCCN(S(=O)(=O)c2cccc(O)c2)CC1. The monoisotopic (exact) mass is 270 g/mol. The summed E-state index contributed by atoms with van der Waals surface area (Å²) in [5.74, 6) is -0.0250. The van der Waals surface area contributed by atoms with Crippen LogP contribution in [0.2, 0.25) is 0 Å². The Hall–Kier alpha value is -1.11. The molecule has 0 aliphatic carbocycles. The number of benzene rings is 1. The van der Waals surface area contributed by atoms with E-state index in [1.807, 2.05) is 7.05 Å². The molecule has 0 aromatic heterocycles. The van der Waals surface area contributed by atoms with Gasteiger partial charge in [-0.05, 0) is 38.2 Å². The Balaban J connectivity index is 2.25. The molecule has 1 saturated heterocycles. The lowest BCUT2D eigenvalue weighted by atomic mass is 10.3. The summed E-state index contributed by atoms with van der Waals surface area (Å²) in [4.78, 5) is 2.28. The van der Waals surface area contributed by atoms with Gasteiger partial charge in [0.25, 0.3) is 0 Å². The number of likely N-dealkylation sites (N-methyl/N-ethyl adjacent to an activating group) is 1. The summed E-state index contributed by atoms with van der Waals surface area (Å²) in [5.41, 5.74) is 0. The quantitative estimate of drug-likeness (QED) is 0.860. The van der Waals surface area contributed by atoms with E-state index in [2.05, 4.69) is 4.90 Å². The molecule has 1 aromatic rings. The number of aromatic hydroxyl groups is 1. The van der Waals surface area contributed by atoms with E-state index < -0.39 is 10.0 Å². The van der Waals surface area contributed by atoms with Crippen molar-refractivity contribution in [3.63, 3.8) is 0 Å². The fraction of sp³-hybridized carbons (Fsp3) is 0.500. The van der Waals surface area contributed by atoms with Crippen molar-refractivity contribution >= 4 is 10.0 Å². The summed E-state index contributed by atoms with van der Waals surface area (Å²) >= 11 is 0. The van der Waals surface area contributed by atoms with Crippen LogP contribution in [0.5, 0.6) is 5.75 Å². The van der Waals surface area contributed by atoms with Crippen LogP contribution in [0.1, 0.15) is 6.42 Å². The van der Waals surface area contributed by atoms with Crippen LogP contribution in [0, 0.1) is 0 Å². The summed E-state index contributed by atoms with van der Waals surface area (Å²) in [7, 11) is -1.49. The number of phenols is 1. The van der Waals surface area contributed by atoms with Crippen molar-refractivity contribution in [3.05, 3.63) is 24.3 Å². The number of sulfonamides is 1. The highest BCUT2D eigenvalue weighted by atomic mass is 32.2. The van der Waals surface area contributed by atoms with E-state index in [0.29, 0.717) is 13.1 Å². The van der Waals surface area contributed by atoms with Gasteiger partial charge in [0.2, 0.25) is 10.0 Å². The van der Waals surface area contributed by atoms with Crippen LogP contribution in [0.3, 0.4) is 0 Å². The van der Waals surface area contributed by atoms with Crippen molar-refractivity contribution in [2.45, 2.75) is 11.3 Å². The molecule has 0 saturated carbocycles. The average molecular weight is 270 g/mol. The molecule has 5 nitrogen and oxygen atoms in total. The molecule has 0 spiro atoms. The smallest absolute Gasteiger partial charge is 0.243 e. The summed E-state index contributed by atoms with van der Waals surface area (Å²) < 4.78 is 26.3. The first-order valence-corrected chi connectivity index (χ1v) is 7.42. The third-order valence-electron chi connectivity index (χ3n) is 3.13. The molecule has 1 aliphatic rings. The zero-order valence-corrected chi connectivity index (χ0v) is 11.2. The van der Waals surface area contributed by atoms with Crippen molar-refractivity contribution in [2.75, 3.05) is 33.2 Å². The molecular formula is C12H18N2O3S. The average Bonchev–Trinajstić information content (AvgIpc) is 2.54. The van der Waals surface area contributed by atoms with Crippen LogP contribution in [-0.4, -0.2) is 56.0 Å². The third kappa shape index (κ3) is 2.82. The molecule has 1 N–H and O–H groups in total. The second-order valence-corrected chi connectivity index (χ2v) is 6.50. The lowest BCUT2D eigenvalue weighted by Crippen LogP contribution is -2.34. The zero-order chi connectivity index (χ0) is 13.2. The Bertz CT molecular complexity index is 516. The van der Waals surface area contributed by atoms with Gasteiger partial charge in [-0.15, -0.1) is 0 Å². The molecule has 100 valence electrons. The van der Waals surface area contributed by atoms with Gasteiger partial charge in [-0.3, -0.25) is 0 Å². The summed E-state index contributed by atoms with van der Waals surface area (Å²) in [6, 6.07) is 5.83. The molecule has 18 heavy (non-hydrogen) atoms. The largest absolute Gasteiger partial charge is 0.508 e. The van der Waals surface area contributed by atoms with E-state index >= 15 is 0 Å². The number of phenolic OH excluding ortho intramolecular Hbond substituents is 1. The molecular weight excluding hydrogens is 252 g/mol. The molecule has 0 unspecified atom stereocenters. The molecule has 1 heterocycles. The highest BCUT2D eigenvalue weighted by molar-refractivity contribution is 7.89. The van der Waals surface area contributed by atoms with Gasteiger partial charge in [0.1, 0.15) is 5.75 Å². The fourth-order valence-corrected chi connectivity index (χ4v) is 3.57.